The van der Waals surface area contributed by atoms with Gasteiger partial charge in [0.15, 0.2) is 0 Å². The van der Waals surface area contributed by atoms with Crippen molar-refractivity contribution in [2.75, 3.05) is 0 Å². The number of nitrogens with zero attached hydrogens (tertiary/aromatic N) is 1. The molecule has 0 aliphatic carbocycles. The van der Waals surface area contributed by atoms with Gasteiger partial charge in [0, 0.05) is 22.6 Å². The van der Waals surface area contributed by atoms with E-state index in [1.165, 1.54) is 6.07 Å². The smallest absolute Gasteiger partial charge is 0.134 e. The number of benzene rings is 1. The molecule has 120 valence electrons. The highest BCUT2D eigenvalue weighted by Crippen LogP contribution is 2.29. The summed E-state index contributed by atoms with van der Waals surface area (Å²) in [5.41, 5.74) is 1.78. The molecule has 0 bridgehead atoms. The monoisotopic (exact) mass is 342 g/mol. The highest BCUT2D eigenvalue weighted by molar-refractivity contribution is 7.84. The number of nitrogens with one attached hydrogen (secondary N) is 1. The Kier molecular flexibility index (Phi) is 4.90. The van der Waals surface area contributed by atoms with Crippen LogP contribution in [0.5, 0.6) is 0 Å². The molecule has 2 aromatic rings. The van der Waals surface area contributed by atoms with E-state index in [2.05, 4.69) is 9.71 Å². The van der Waals surface area contributed by atoms with E-state index in [9.17, 15) is 8.60 Å². The lowest BCUT2D eigenvalue weighted by molar-refractivity contribution is 0.615. The molecule has 1 aromatic heterocycles. The van der Waals surface area contributed by atoms with E-state index in [4.69, 9.17) is 11.6 Å². The predicted molar refractivity (Wildman–Crippen MR) is 90.9 cm³/mol. The van der Waals surface area contributed by atoms with Crippen LogP contribution >= 0.6 is 11.6 Å². The average molecular weight is 343 g/mol. The van der Waals surface area contributed by atoms with Crippen LogP contribution in [0.2, 0.25) is 5.15 Å². The number of hydrogen-bond acceptors (Lipinski definition) is 2. The number of hydrogen-bond donors (Lipinski definition) is 1. The number of rotatable bonds is 3. The first-order valence-electron chi connectivity index (χ1n) is 7.04. The quantitative estimate of drug-likeness (QED) is 0.837. The van der Waals surface area contributed by atoms with Gasteiger partial charge in [0.25, 0.3) is 0 Å². The van der Waals surface area contributed by atoms with E-state index in [1.54, 1.807) is 13.0 Å². The van der Waals surface area contributed by atoms with Crippen molar-refractivity contribution in [1.29, 1.82) is 0 Å². The number of halogens is 2. The lowest BCUT2D eigenvalue weighted by Crippen LogP contribution is -2.35. The Morgan fingerprint density at radius 1 is 1.36 bits per heavy atom. The molecular formula is C16H20ClFN2OS. The van der Waals surface area contributed by atoms with Crippen molar-refractivity contribution in [3.05, 3.63) is 40.3 Å². The summed E-state index contributed by atoms with van der Waals surface area (Å²) in [6.07, 6.45) is 0. The maximum atomic E-state index is 13.6. The molecule has 2 atom stereocenters. The Hall–Kier alpha value is -1.04. The van der Waals surface area contributed by atoms with Crippen molar-refractivity contribution in [2.45, 2.75) is 45.4 Å². The Bertz CT molecular complexity index is 743. The Balaban J connectivity index is 2.42. The molecule has 6 heteroatoms. The number of fused-ring (bicyclic) bond motifs is 1. The Labute approximate surface area is 137 Å². The zero-order valence-electron chi connectivity index (χ0n) is 13.3. The fourth-order valence-corrected chi connectivity index (χ4v) is 3.16. The molecule has 0 saturated heterocycles. The molecule has 1 N–H and O–H groups in total. The second kappa shape index (κ2) is 6.22. The molecule has 1 aromatic carbocycles. The second-order valence-corrected chi connectivity index (χ2v) is 8.69. The van der Waals surface area contributed by atoms with E-state index >= 15 is 0 Å². The maximum Gasteiger partial charge on any atom is 0.134 e. The zero-order chi connectivity index (χ0) is 16.7. The number of pyridine rings is 1. The van der Waals surface area contributed by atoms with E-state index in [1.807, 2.05) is 33.8 Å². The van der Waals surface area contributed by atoms with Crippen molar-refractivity contribution < 1.29 is 8.60 Å². The number of aryl methyl sites for hydroxylation is 1. The van der Waals surface area contributed by atoms with Crippen molar-refractivity contribution in [2.24, 2.45) is 0 Å². The lowest BCUT2D eigenvalue weighted by Gasteiger charge is -2.22. The highest BCUT2D eigenvalue weighted by Gasteiger charge is 2.23. The summed E-state index contributed by atoms with van der Waals surface area (Å²) in [5.74, 6) is -0.302. The summed E-state index contributed by atoms with van der Waals surface area (Å²) in [6, 6.07) is 4.74. The minimum atomic E-state index is -1.21. The van der Waals surface area contributed by atoms with E-state index < -0.39 is 11.0 Å². The fraction of sp³-hybridized carbons (Fsp3) is 0.438. The summed E-state index contributed by atoms with van der Waals surface area (Å²) in [7, 11) is -1.21. The summed E-state index contributed by atoms with van der Waals surface area (Å²) in [6.45, 7) is 9.26. The molecule has 0 radical (unpaired) electrons. The van der Waals surface area contributed by atoms with Gasteiger partial charge < -0.3 is 0 Å². The predicted octanol–water partition coefficient (Wildman–Crippen LogP) is 4.45. The first-order valence-corrected chi connectivity index (χ1v) is 8.57. The van der Waals surface area contributed by atoms with Gasteiger partial charge in [-0.1, -0.05) is 11.6 Å². The van der Waals surface area contributed by atoms with Crippen molar-refractivity contribution >= 4 is 33.5 Å². The van der Waals surface area contributed by atoms with Crippen LogP contribution in [-0.2, 0) is 11.0 Å². The van der Waals surface area contributed by atoms with Crippen molar-refractivity contribution in [1.82, 2.24) is 9.71 Å². The van der Waals surface area contributed by atoms with Crippen LogP contribution in [-0.4, -0.2) is 13.9 Å². The van der Waals surface area contributed by atoms with Gasteiger partial charge in [-0.25, -0.2) is 18.3 Å². The topological polar surface area (TPSA) is 42.0 Å². The van der Waals surface area contributed by atoms with Gasteiger partial charge in [0.05, 0.1) is 21.2 Å². The largest absolute Gasteiger partial charge is 0.242 e. The SMILES string of the molecule is Cc1c(F)ccc2cc([C@@H](C)N[S@@](=O)C(C)(C)C)c(Cl)nc12. The van der Waals surface area contributed by atoms with Crippen LogP contribution in [0.4, 0.5) is 4.39 Å². The van der Waals surface area contributed by atoms with Gasteiger partial charge in [-0.3, -0.25) is 0 Å². The van der Waals surface area contributed by atoms with E-state index in [-0.39, 0.29) is 16.6 Å². The van der Waals surface area contributed by atoms with Gasteiger partial charge in [-0.15, -0.1) is 0 Å². The molecule has 2 rings (SSSR count). The first-order chi connectivity index (χ1) is 10.1. The molecule has 1 heterocycles. The van der Waals surface area contributed by atoms with Crippen LogP contribution in [0.1, 0.15) is 44.9 Å². The van der Waals surface area contributed by atoms with Gasteiger partial charge in [0.2, 0.25) is 0 Å². The molecule has 0 unspecified atom stereocenters. The lowest BCUT2D eigenvalue weighted by atomic mass is 10.1. The summed E-state index contributed by atoms with van der Waals surface area (Å²) >= 11 is 6.25. The van der Waals surface area contributed by atoms with Gasteiger partial charge in [0.1, 0.15) is 11.0 Å². The van der Waals surface area contributed by atoms with Gasteiger partial charge >= 0.3 is 0 Å². The fourth-order valence-electron chi connectivity index (χ4n) is 2.06. The van der Waals surface area contributed by atoms with E-state index in [0.717, 1.165) is 10.9 Å². The summed E-state index contributed by atoms with van der Waals surface area (Å²) in [5, 5.41) is 1.11. The van der Waals surface area contributed by atoms with Crippen LogP contribution in [0.25, 0.3) is 10.9 Å². The van der Waals surface area contributed by atoms with Gasteiger partial charge in [-0.2, -0.15) is 0 Å². The summed E-state index contributed by atoms with van der Waals surface area (Å²) < 4.78 is 28.5. The first kappa shape index (κ1) is 17.3. The third-order valence-electron chi connectivity index (χ3n) is 3.46. The summed E-state index contributed by atoms with van der Waals surface area (Å²) in [4.78, 5) is 4.31. The minimum Gasteiger partial charge on any atom is -0.242 e. The molecule has 0 aliphatic heterocycles. The van der Waals surface area contributed by atoms with Gasteiger partial charge in [-0.05, 0) is 52.8 Å². The van der Waals surface area contributed by atoms with Crippen LogP contribution < -0.4 is 4.72 Å². The molecule has 3 nitrogen and oxygen atoms in total. The highest BCUT2D eigenvalue weighted by atomic mass is 35.5. The molecule has 0 spiro atoms. The molecule has 22 heavy (non-hydrogen) atoms. The number of aromatic nitrogens is 1. The molecule has 0 amide bonds. The maximum absolute atomic E-state index is 13.6. The van der Waals surface area contributed by atoms with Crippen LogP contribution in [0.15, 0.2) is 18.2 Å². The van der Waals surface area contributed by atoms with Crippen molar-refractivity contribution in [3.8, 4) is 0 Å². The third-order valence-corrected chi connectivity index (χ3v) is 5.44. The normalized spacial score (nSPS) is 15.0. The average Bonchev–Trinajstić information content (AvgIpc) is 2.42. The zero-order valence-corrected chi connectivity index (χ0v) is 14.9. The third kappa shape index (κ3) is 3.47. The minimum absolute atomic E-state index is 0.227. The molecule has 0 aliphatic rings. The molecule has 0 fully saturated rings. The van der Waals surface area contributed by atoms with Crippen LogP contribution in [0.3, 0.4) is 0 Å². The molecule has 0 saturated carbocycles. The second-order valence-electron chi connectivity index (χ2n) is 6.33. The van der Waals surface area contributed by atoms with Crippen molar-refractivity contribution in [3.63, 3.8) is 0 Å². The standard InChI is InChI=1S/C16H20ClFN2OS/c1-9-13(18)7-6-11-8-12(15(17)19-14(9)11)10(2)20-22(21)16(3,4)5/h6-8,10,20H,1-5H3/t10-,22+/m1/s1. The molecular weight excluding hydrogens is 323 g/mol. The Morgan fingerprint density at radius 3 is 2.59 bits per heavy atom. The van der Waals surface area contributed by atoms with Crippen LogP contribution in [0, 0.1) is 12.7 Å². The van der Waals surface area contributed by atoms with E-state index in [0.29, 0.717) is 16.2 Å². The Morgan fingerprint density at radius 2 is 2.00 bits per heavy atom.